The zero-order chi connectivity index (χ0) is 12.8. The lowest BCUT2D eigenvalue weighted by atomic mass is 10.1. The van der Waals surface area contributed by atoms with Crippen LogP contribution in [0.1, 0.15) is 25.8 Å². The third-order valence-corrected chi connectivity index (χ3v) is 2.44. The van der Waals surface area contributed by atoms with E-state index in [1.54, 1.807) is 18.2 Å². The first-order valence-corrected chi connectivity index (χ1v) is 5.77. The largest absolute Gasteiger partial charge is 0.353 e. The number of benzene rings is 1. The van der Waals surface area contributed by atoms with Crippen LogP contribution in [-0.4, -0.2) is 18.0 Å². The summed E-state index contributed by atoms with van der Waals surface area (Å²) in [4.78, 5) is 11.6. The lowest BCUT2D eigenvalue weighted by molar-refractivity contribution is -0.121. The van der Waals surface area contributed by atoms with Crippen molar-refractivity contribution in [2.75, 3.05) is 0 Å². The molecule has 94 valence electrons. The molecule has 0 saturated heterocycles. The molecule has 4 heteroatoms. The molecular weight excluding hydrogens is 219 g/mol. The van der Waals surface area contributed by atoms with Gasteiger partial charge in [0.15, 0.2) is 0 Å². The fraction of sp³-hybridized carbons (Fsp3) is 0.462. The summed E-state index contributed by atoms with van der Waals surface area (Å²) in [6.07, 6.45) is 0.777. The Morgan fingerprint density at radius 2 is 2.06 bits per heavy atom. The van der Waals surface area contributed by atoms with Crippen LogP contribution in [0.5, 0.6) is 0 Å². The van der Waals surface area contributed by atoms with Crippen molar-refractivity contribution in [3.05, 3.63) is 35.6 Å². The standard InChI is InChI=1S/C13H19FN2O/c1-9(15)7-10(2)16-13(17)8-11-5-3-4-6-12(11)14/h3-6,9-10H,7-8,15H2,1-2H3,(H,16,17). The molecule has 0 aliphatic rings. The molecule has 0 bridgehead atoms. The lowest BCUT2D eigenvalue weighted by Crippen LogP contribution is -2.37. The van der Waals surface area contributed by atoms with Crippen LogP contribution in [0, 0.1) is 5.82 Å². The molecule has 0 aromatic heterocycles. The zero-order valence-corrected chi connectivity index (χ0v) is 10.2. The molecular formula is C13H19FN2O. The van der Waals surface area contributed by atoms with E-state index >= 15 is 0 Å². The second kappa shape index (κ2) is 6.35. The second-order valence-electron chi connectivity index (χ2n) is 4.45. The first-order valence-electron chi connectivity index (χ1n) is 5.77. The van der Waals surface area contributed by atoms with Gasteiger partial charge in [-0.1, -0.05) is 18.2 Å². The van der Waals surface area contributed by atoms with Crippen molar-refractivity contribution in [3.63, 3.8) is 0 Å². The van der Waals surface area contributed by atoms with Crippen molar-refractivity contribution in [3.8, 4) is 0 Å². The van der Waals surface area contributed by atoms with Crippen LogP contribution in [0.4, 0.5) is 4.39 Å². The summed E-state index contributed by atoms with van der Waals surface area (Å²) in [5, 5.41) is 2.80. The van der Waals surface area contributed by atoms with E-state index in [4.69, 9.17) is 5.73 Å². The molecule has 1 rings (SSSR count). The second-order valence-corrected chi connectivity index (χ2v) is 4.45. The molecule has 0 aliphatic carbocycles. The van der Waals surface area contributed by atoms with Gasteiger partial charge in [-0.3, -0.25) is 4.79 Å². The number of hydrogen-bond acceptors (Lipinski definition) is 2. The highest BCUT2D eigenvalue weighted by atomic mass is 19.1. The van der Waals surface area contributed by atoms with Gasteiger partial charge in [-0.15, -0.1) is 0 Å². The monoisotopic (exact) mass is 238 g/mol. The average Bonchev–Trinajstić information content (AvgIpc) is 2.19. The normalized spacial score (nSPS) is 14.1. The summed E-state index contributed by atoms with van der Waals surface area (Å²) >= 11 is 0. The number of nitrogens with one attached hydrogen (secondary N) is 1. The van der Waals surface area contributed by atoms with Crippen LogP contribution in [0.3, 0.4) is 0 Å². The smallest absolute Gasteiger partial charge is 0.224 e. The summed E-state index contributed by atoms with van der Waals surface area (Å²) in [5.74, 6) is -0.522. The van der Waals surface area contributed by atoms with Gasteiger partial charge in [-0.2, -0.15) is 0 Å². The SMILES string of the molecule is CC(N)CC(C)NC(=O)Cc1ccccc1F. The Kier molecular flexibility index (Phi) is 5.10. The number of carbonyl (C=O) groups excluding carboxylic acids is 1. The Morgan fingerprint density at radius 1 is 1.41 bits per heavy atom. The van der Waals surface area contributed by atoms with E-state index in [0.29, 0.717) is 12.0 Å². The van der Waals surface area contributed by atoms with Crippen molar-refractivity contribution in [2.24, 2.45) is 5.73 Å². The van der Waals surface area contributed by atoms with Gasteiger partial charge in [0.05, 0.1) is 6.42 Å². The van der Waals surface area contributed by atoms with Gasteiger partial charge in [0.2, 0.25) is 5.91 Å². The third-order valence-electron chi connectivity index (χ3n) is 2.44. The fourth-order valence-electron chi connectivity index (χ4n) is 1.76. The number of halogens is 1. The van der Waals surface area contributed by atoms with Crippen molar-refractivity contribution in [1.82, 2.24) is 5.32 Å². The van der Waals surface area contributed by atoms with Crippen LogP contribution in [0.25, 0.3) is 0 Å². The highest BCUT2D eigenvalue weighted by Crippen LogP contribution is 2.07. The number of hydrogen-bond donors (Lipinski definition) is 2. The van der Waals surface area contributed by atoms with Crippen LogP contribution < -0.4 is 11.1 Å². The van der Waals surface area contributed by atoms with Crippen LogP contribution in [0.2, 0.25) is 0 Å². The Balaban J connectivity index is 2.47. The van der Waals surface area contributed by atoms with Gasteiger partial charge in [0.1, 0.15) is 5.82 Å². The van der Waals surface area contributed by atoms with Gasteiger partial charge in [-0.05, 0) is 31.9 Å². The average molecular weight is 238 g/mol. The van der Waals surface area contributed by atoms with E-state index in [1.807, 2.05) is 13.8 Å². The molecule has 2 unspecified atom stereocenters. The number of rotatable bonds is 5. The van der Waals surface area contributed by atoms with Crippen LogP contribution >= 0.6 is 0 Å². The van der Waals surface area contributed by atoms with Gasteiger partial charge in [0.25, 0.3) is 0 Å². The predicted octanol–water partition coefficient (Wildman–Crippen LogP) is 1.61. The Hall–Kier alpha value is -1.42. The van der Waals surface area contributed by atoms with E-state index in [1.165, 1.54) is 6.07 Å². The first kappa shape index (κ1) is 13.6. The summed E-state index contributed by atoms with van der Waals surface area (Å²) in [6, 6.07) is 6.35. The van der Waals surface area contributed by atoms with E-state index in [0.717, 1.165) is 0 Å². The minimum Gasteiger partial charge on any atom is -0.353 e. The summed E-state index contributed by atoms with van der Waals surface area (Å²) < 4.78 is 13.3. The topological polar surface area (TPSA) is 55.1 Å². The maximum absolute atomic E-state index is 13.3. The number of nitrogens with two attached hydrogens (primary N) is 1. The van der Waals surface area contributed by atoms with E-state index in [2.05, 4.69) is 5.32 Å². The molecule has 0 heterocycles. The minimum absolute atomic E-state index is 0.00859. The molecule has 2 atom stereocenters. The molecule has 3 nitrogen and oxygen atoms in total. The first-order chi connectivity index (χ1) is 7.99. The maximum Gasteiger partial charge on any atom is 0.224 e. The van der Waals surface area contributed by atoms with Crippen molar-refractivity contribution in [1.29, 1.82) is 0 Å². The number of carbonyl (C=O) groups is 1. The number of amides is 1. The predicted molar refractivity (Wildman–Crippen MR) is 66.0 cm³/mol. The maximum atomic E-state index is 13.3. The van der Waals surface area contributed by atoms with Gasteiger partial charge in [0, 0.05) is 12.1 Å². The molecule has 3 N–H and O–H groups in total. The van der Waals surface area contributed by atoms with E-state index < -0.39 is 0 Å². The van der Waals surface area contributed by atoms with Gasteiger partial charge >= 0.3 is 0 Å². The van der Waals surface area contributed by atoms with E-state index in [9.17, 15) is 9.18 Å². The molecule has 1 aromatic carbocycles. The highest BCUT2D eigenvalue weighted by Gasteiger charge is 2.11. The molecule has 0 radical (unpaired) electrons. The summed E-state index contributed by atoms with van der Waals surface area (Å²) in [6.45, 7) is 3.78. The third kappa shape index (κ3) is 4.95. The summed E-state index contributed by atoms with van der Waals surface area (Å²) in [7, 11) is 0. The molecule has 0 aliphatic heterocycles. The van der Waals surface area contributed by atoms with Crippen LogP contribution in [0.15, 0.2) is 24.3 Å². The molecule has 17 heavy (non-hydrogen) atoms. The Labute approximate surface area is 101 Å². The highest BCUT2D eigenvalue weighted by molar-refractivity contribution is 5.78. The van der Waals surface area contributed by atoms with Crippen molar-refractivity contribution in [2.45, 2.75) is 38.8 Å². The summed E-state index contributed by atoms with van der Waals surface area (Å²) in [5.41, 5.74) is 6.05. The Morgan fingerprint density at radius 3 is 2.65 bits per heavy atom. The van der Waals surface area contributed by atoms with Gasteiger partial charge in [-0.25, -0.2) is 4.39 Å². The lowest BCUT2D eigenvalue weighted by Gasteiger charge is -2.16. The van der Waals surface area contributed by atoms with Gasteiger partial charge < -0.3 is 11.1 Å². The molecule has 0 spiro atoms. The van der Waals surface area contributed by atoms with Crippen LogP contribution in [-0.2, 0) is 11.2 Å². The molecule has 0 fully saturated rings. The fourth-order valence-corrected chi connectivity index (χ4v) is 1.76. The Bertz CT molecular complexity index is 379. The quantitative estimate of drug-likeness (QED) is 0.818. The van der Waals surface area contributed by atoms with Crippen molar-refractivity contribution >= 4 is 5.91 Å². The zero-order valence-electron chi connectivity index (χ0n) is 10.2. The molecule has 1 amide bonds. The molecule has 0 saturated carbocycles. The minimum atomic E-state index is -0.345. The van der Waals surface area contributed by atoms with Crippen molar-refractivity contribution < 1.29 is 9.18 Å². The van der Waals surface area contributed by atoms with E-state index in [-0.39, 0.29) is 30.2 Å². The molecule has 1 aromatic rings.